The highest BCUT2D eigenvalue weighted by Crippen LogP contribution is 2.15. The molecule has 0 radical (unpaired) electrons. The molecule has 2 aromatic heterocycles. The van der Waals surface area contributed by atoms with Gasteiger partial charge >= 0.3 is 11.9 Å². The van der Waals surface area contributed by atoms with Crippen LogP contribution in [0, 0.1) is 13.8 Å². The summed E-state index contributed by atoms with van der Waals surface area (Å²) in [5.74, 6) is 0.270. The molecule has 0 saturated heterocycles. The van der Waals surface area contributed by atoms with Crippen molar-refractivity contribution in [2.45, 2.75) is 13.8 Å². The zero-order valence-corrected chi connectivity index (χ0v) is 20.8. The van der Waals surface area contributed by atoms with E-state index in [0.29, 0.717) is 35.9 Å². The smallest absolute Gasteiger partial charge is 0.341 e. The summed E-state index contributed by atoms with van der Waals surface area (Å²) in [6, 6.07) is 6.93. The number of anilines is 2. The van der Waals surface area contributed by atoms with Crippen LogP contribution in [0.1, 0.15) is 32.1 Å². The molecule has 33 heavy (non-hydrogen) atoms. The van der Waals surface area contributed by atoms with Gasteiger partial charge in [-0.25, -0.2) is 19.6 Å². The Morgan fingerprint density at radius 2 is 1.15 bits per heavy atom. The van der Waals surface area contributed by atoms with Gasteiger partial charge < -0.3 is 25.6 Å². The molecule has 2 rings (SSSR count). The summed E-state index contributed by atoms with van der Waals surface area (Å²) >= 11 is 0. The van der Waals surface area contributed by atoms with E-state index in [1.165, 1.54) is 14.2 Å². The zero-order chi connectivity index (χ0) is 22.5. The molecule has 0 spiro atoms. The van der Waals surface area contributed by atoms with E-state index < -0.39 is 11.9 Å². The topological polar surface area (TPSA) is 134 Å². The number of pyridine rings is 2. The van der Waals surface area contributed by atoms with E-state index in [0.717, 1.165) is 11.4 Å². The molecular weight excluding hydrogens is 471 g/mol. The van der Waals surface area contributed by atoms with Crippen molar-refractivity contribution in [2.75, 3.05) is 37.9 Å². The Morgan fingerprint density at radius 3 is 1.42 bits per heavy atom. The van der Waals surface area contributed by atoms with E-state index in [9.17, 15) is 9.59 Å². The molecule has 9 nitrogen and oxygen atoms in total. The second-order valence-corrected chi connectivity index (χ2v) is 6.02. The Labute approximate surface area is 206 Å². The van der Waals surface area contributed by atoms with E-state index in [1.807, 2.05) is 13.8 Å². The second-order valence-electron chi connectivity index (χ2n) is 6.02. The fraction of sp³-hybridized carbons (Fsp3) is 0.273. The van der Waals surface area contributed by atoms with Crippen molar-refractivity contribution in [3.05, 3.63) is 72.1 Å². The quantitative estimate of drug-likeness (QED) is 0.413. The molecule has 0 aliphatic carbocycles. The molecule has 4 N–H and O–H groups in total. The Bertz CT molecular complexity index is 837. The molecule has 0 amide bonds. The molecule has 0 aromatic carbocycles. The Morgan fingerprint density at radius 1 is 0.818 bits per heavy atom. The predicted molar refractivity (Wildman–Crippen MR) is 136 cm³/mol. The highest BCUT2D eigenvalue weighted by molar-refractivity contribution is 5.95. The fourth-order valence-electron chi connectivity index (χ4n) is 2.27. The molecule has 11 heteroatoms. The van der Waals surface area contributed by atoms with Crippen LogP contribution in [-0.2, 0) is 9.47 Å². The first-order valence-corrected chi connectivity index (χ1v) is 9.19. The summed E-state index contributed by atoms with van der Waals surface area (Å²) < 4.78 is 9.30. The van der Waals surface area contributed by atoms with E-state index in [2.05, 4.69) is 43.2 Å². The van der Waals surface area contributed by atoms with Gasteiger partial charge in [0.25, 0.3) is 0 Å². The van der Waals surface area contributed by atoms with Gasteiger partial charge in [0, 0.05) is 24.5 Å². The van der Waals surface area contributed by atoms with Gasteiger partial charge in [0.2, 0.25) is 0 Å². The minimum Gasteiger partial charge on any atom is -0.465 e. The number of rotatable bonds is 8. The summed E-state index contributed by atoms with van der Waals surface area (Å²) in [7, 11) is 2.69. The number of nitrogens with one attached hydrogen (secondary N) is 2. The maximum Gasteiger partial charge on any atom is 0.341 e. The van der Waals surface area contributed by atoms with E-state index in [1.54, 1.807) is 36.4 Å². The van der Waals surface area contributed by atoms with Gasteiger partial charge in [-0.2, -0.15) is 0 Å². The Kier molecular flexibility index (Phi) is 19.3. The summed E-state index contributed by atoms with van der Waals surface area (Å²) in [5, 5.41) is 5.98. The number of ether oxygens (including phenoxy) is 2. The molecule has 2 aromatic rings. The normalized spacial score (nSPS) is 8.61. The lowest BCUT2D eigenvalue weighted by atomic mass is 10.2. The number of hydrogen-bond donors (Lipinski definition) is 2. The summed E-state index contributed by atoms with van der Waals surface area (Å²) in [5.41, 5.74) is 2.55. The van der Waals surface area contributed by atoms with Crippen molar-refractivity contribution in [1.82, 2.24) is 9.97 Å². The van der Waals surface area contributed by atoms with Crippen LogP contribution in [0.4, 0.5) is 11.6 Å². The number of nitrogens with zero attached hydrogens (tertiary/aromatic N) is 2. The van der Waals surface area contributed by atoms with Crippen molar-refractivity contribution in [1.29, 1.82) is 0 Å². The SMILES string of the molecule is C=CCNc1nc(C)ccc1C(=O)OC.C=CCNc1nc(C)ccc1C(=O)OC.Cl.Cl.O. The lowest BCUT2D eigenvalue weighted by molar-refractivity contribution is 0.0592. The molecule has 0 unspecified atom stereocenters. The lowest BCUT2D eigenvalue weighted by Crippen LogP contribution is -2.10. The van der Waals surface area contributed by atoms with Crippen LogP contribution in [0.15, 0.2) is 49.6 Å². The van der Waals surface area contributed by atoms with Crippen LogP contribution in [0.2, 0.25) is 0 Å². The summed E-state index contributed by atoms with van der Waals surface area (Å²) in [6.45, 7) is 12.0. The van der Waals surface area contributed by atoms with Crippen molar-refractivity contribution in [3.8, 4) is 0 Å². The van der Waals surface area contributed by atoms with Gasteiger partial charge in [-0.3, -0.25) is 0 Å². The third-order valence-electron chi connectivity index (χ3n) is 3.71. The van der Waals surface area contributed by atoms with Crippen LogP contribution in [0.3, 0.4) is 0 Å². The Hall–Kier alpha value is -3.14. The van der Waals surface area contributed by atoms with E-state index in [-0.39, 0.29) is 30.3 Å². The largest absolute Gasteiger partial charge is 0.465 e. The molecule has 0 saturated carbocycles. The van der Waals surface area contributed by atoms with Gasteiger partial charge in [0.1, 0.15) is 22.8 Å². The summed E-state index contributed by atoms with van der Waals surface area (Å²) in [4.78, 5) is 31.2. The molecule has 0 aliphatic rings. The monoisotopic (exact) mass is 502 g/mol. The number of hydrogen-bond acceptors (Lipinski definition) is 8. The number of aryl methyl sites for hydroxylation is 2. The number of methoxy groups -OCH3 is 2. The highest BCUT2D eigenvalue weighted by atomic mass is 35.5. The van der Waals surface area contributed by atoms with Gasteiger partial charge in [-0.05, 0) is 38.1 Å². The number of halogens is 2. The third kappa shape index (κ3) is 11.3. The first kappa shape index (κ1) is 34.5. The number of esters is 2. The average molecular weight is 503 g/mol. The van der Waals surface area contributed by atoms with Crippen LogP contribution in [0.5, 0.6) is 0 Å². The van der Waals surface area contributed by atoms with Crippen LogP contribution >= 0.6 is 24.8 Å². The minimum atomic E-state index is -0.394. The van der Waals surface area contributed by atoms with E-state index in [4.69, 9.17) is 0 Å². The van der Waals surface area contributed by atoms with Crippen molar-refractivity contribution in [3.63, 3.8) is 0 Å². The van der Waals surface area contributed by atoms with Gasteiger partial charge in [-0.1, -0.05) is 12.2 Å². The zero-order valence-electron chi connectivity index (χ0n) is 19.1. The number of aromatic nitrogens is 2. The standard InChI is InChI=1S/2C11H14N2O2.2ClH.H2O/c2*1-4-7-12-10-9(11(14)15-3)6-5-8(2)13-10;;;/h2*4-6H,1,7H2,2-3H3,(H,12,13);2*1H;1H2. The maximum atomic E-state index is 11.4. The van der Waals surface area contributed by atoms with Crippen LogP contribution < -0.4 is 10.6 Å². The molecule has 184 valence electrons. The maximum absolute atomic E-state index is 11.4. The molecule has 2 heterocycles. The molecule has 0 fully saturated rings. The average Bonchev–Trinajstić information content (AvgIpc) is 2.75. The predicted octanol–water partition coefficient (Wildman–Crippen LogP) is 3.57. The van der Waals surface area contributed by atoms with Gasteiger partial charge in [0.05, 0.1) is 14.2 Å². The van der Waals surface area contributed by atoms with Crippen molar-refractivity contribution >= 4 is 48.4 Å². The molecule has 0 atom stereocenters. The lowest BCUT2D eigenvalue weighted by Gasteiger charge is -2.08. The Balaban J connectivity index is -0.000000500. The highest BCUT2D eigenvalue weighted by Gasteiger charge is 2.13. The molecule has 0 bridgehead atoms. The first-order chi connectivity index (χ1) is 14.4. The van der Waals surface area contributed by atoms with E-state index >= 15 is 0 Å². The minimum absolute atomic E-state index is 0. The molecular formula is C22H32Cl2N4O5. The fourth-order valence-corrected chi connectivity index (χ4v) is 2.27. The van der Waals surface area contributed by atoms with Crippen LogP contribution in [0.25, 0.3) is 0 Å². The van der Waals surface area contributed by atoms with Gasteiger partial charge in [-0.15, -0.1) is 38.0 Å². The number of carbonyl (C=O) groups is 2. The van der Waals surface area contributed by atoms with Crippen LogP contribution in [-0.4, -0.2) is 54.7 Å². The van der Waals surface area contributed by atoms with Crippen molar-refractivity contribution < 1.29 is 24.5 Å². The third-order valence-corrected chi connectivity index (χ3v) is 3.71. The second kappa shape index (κ2) is 18.4. The van der Waals surface area contributed by atoms with Crippen molar-refractivity contribution in [2.24, 2.45) is 0 Å². The molecule has 0 aliphatic heterocycles. The number of carbonyl (C=O) groups excluding carboxylic acids is 2. The summed E-state index contributed by atoms with van der Waals surface area (Å²) in [6.07, 6.45) is 3.40. The first-order valence-electron chi connectivity index (χ1n) is 9.19. The van der Waals surface area contributed by atoms with Gasteiger partial charge in [0.15, 0.2) is 0 Å².